The van der Waals surface area contributed by atoms with Gasteiger partial charge in [0.25, 0.3) is 0 Å². The second kappa shape index (κ2) is 7.07. The number of fused-ring (bicyclic) bond motifs is 1. The van der Waals surface area contributed by atoms with Crippen molar-refractivity contribution in [2.75, 3.05) is 0 Å². The highest BCUT2D eigenvalue weighted by Crippen LogP contribution is 2.36. The number of carbonyl (C=O) groups is 1. The minimum absolute atomic E-state index is 0.0274. The second-order valence-corrected chi connectivity index (χ2v) is 6.77. The Hall–Kier alpha value is -3.02. The summed E-state index contributed by atoms with van der Waals surface area (Å²) in [5.74, 6) is 0.0274. The molecule has 1 atom stereocenters. The normalized spacial score (nSPS) is 15.7. The molecule has 3 aromatic rings. The SMILES string of the molecule is Cc1ccc(CN(C(=O)Cn2cnnn2)C2CCc3ccccc32)cc1. The Morgan fingerprint density at radius 3 is 2.77 bits per heavy atom. The van der Waals surface area contributed by atoms with Crippen LogP contribution >= 0.6 is 0 Å². The Kier molecular flexibility index (Phi) is 4.48. The Morgan fingerprint density at radius 2 is 2.00 bits per heavy atom. The van der Waals surface area contributed by atoms with Crippen molar-refractivity contribution in [1.82, 2.24) is 25.1 Å². The number of hydrogen-bond acceptors (Lipinski definition) is 4. The summed E-state index contributed by atoms with van der Waals surface area (Å²) < 4.78 is 1.48. The molecule has 4 rings (SSSR count). The van der Waals surface area contributed by atoms with E-state index in [-0.39, 0.29) is 18.5 Å². The van der Waals surface area contributed by atoms with E-state index in [1.807, 2.05) is 11.0 Å². The van der Waals surface area contributed by atoms with E-state index in [0.717, 1.165) is 18.4 Å². The molecule has 1 unspecified atom stereocenters. The molecule has 1 amide bonds. The highest BCUT2D eigenvalue weighted by atomic mass is 16.2. The van der Waals surface area contributed by atoms with Crippen molar-refractivity contribution in [2.45, 2.75) is 38.9 Å². The van der Waals surface area contributed by atoms with Gasteiger partial charge >= 0.3 is 0 Å². The number of nitrogens with zero attached hydrogens (tertiary/aromatic N) is 5. The van der Waals surface area contributed by atoms with Crippen LogP contribution in [-0.4, -0.2) is 31.0 Å². The Labute approximate surface area is 152 Å². The molecule has 1 aliphatic carbocycles. The summed E-state index contributed by atoms with van der Waals surface area (Å²) in [7, 11) is 0. The number of tetrazole rings is 1. The molecule has 0 radical (unpaired) electrons. The quantitative estimate of drug-likeness (QED) is 0.712. The number of aromatic nitrogens is 4. The van der Waals surface area contributed by atoms with Crippen LogP contribution in [-0.2, 0) is 24.3 Å². The molecule has 0 N–H and O–H groups in total. The smallest absolute Gasteiger partial charge is 0.245 e. The van der Waals surface area contributed by atoms with Gasteiger partial charge in [-0.2, -0.15) is 0 Å². The van der Waals surface area contributed by atoms with Gasteiger partial charge in [-0.05, 0) is 46.9 Å². The molecular formula is C20H21N5O. The molecule has 0 fully saturated rings. The number of carbonyl (C=O) groups excluding carboxylic acids is 1. The molecular weight excluding hydrogens is 326 g/mol. The number of benzene rings is 2. The number of hydrogen-bond donors (Lipinski definition) is 0. The Bertz CT molecular complexity index is 889. The third-order valence-electron chi connectivity index (χ3n) is 4.96. The van der Waals surface area contributed by atoms with Crippen molar-refractivity contribution in [2.24, 2.45) is 0 Å². The van der Waals surface area contributed by atoms with Gasteiger partial charge in [-0.3, -0.25) is 4.79 Å². The largest absolute Gasteiger partial charge is 0.330 e. The van der Waals surface area contributed by atoms with Gasteiger partial charge in [0, 0.05) is 6.54 Å². The van der Waals surface area contributed by atoms with E-state index in [1.54, 1.807) is 0 Å². The zero-order valence-electron chi connectivity index (χ0n) is 14.7. The molecule has 0 saturated heterocycles. The van der Waals surface area contributed by atoms with Crippen LogP contribution in [0.1, 0.15) is 34.7 Å². The topological polar surface area (TPSA) is 63.9 Å². The first kappa shape index (κ1) is 16.4. The molecule has 26 heavy (non-hydrogen) atoms. The summed E-state index contributed by atoms with van der Waals surface area (Å²) in [6.07, 6.45) is 3.43. The van der Waals surface area contributed by atoms with E-state index in [9.17, 15) is 4.79 Å². The molecule has 0 spiro atoms. The summed E-state index contributed by atoms with van der Waals surface area (Å²) in [6.45, 7) is 2.80. The zero-order valence-corrected chi connectivity index (χ0v) is 14.7. The molecule has 2 aromatic carbocycles. The highest BCUT2D eigenvalue weighted by Gasteiger charge is 2.31. The minimum atomic E-state index is 0.0274. The van der Waals surface area contributed by atoms with Crippen LogP contribution in [0, 0.1) is 6.92 Å². The minimum Gasteiger partial charge on any atom is -0.330 e. The summed E-state index contributed by atoms with van der Waals surface area (Å²) >= 11 is 0. The molecule has 0 bridgehead atoms. The molecule has 132 valence electrons. The molecule has 0 saturated carbocycles. The Morgan fingerprint density at radius 1 is 1.19 bits per heavy atom. The highest BCUT2D eigenvalue weighted by molar-refractivity contribution is 5.76. The Balaban J connectivity index is 1.62. The van der Waals surface area contributed by atoms with E-state index in [4.69, 9.17) is 0 Å². The average molecular weight is 347 g/mol. The van der Waals surface area contributed by atoms with Gasteiger partial charge in [0.15, 0.2) is 0 Å². The van der Waals surface area contributed by atoms with Crippen LogP contribution in [0.3, 0.4) is 0 Å². The summed E-state index contributed by atoms with van der Waals surface area (Å²) in [5.41, 5.74) is 4.93. The molecule has 0 aliphatic heterocycles. The van der Waals surface area contributed by atoms with Gasteiger partial charge < -0.3 is 4.90 Å². The van der Waals surface area contributed by atoms with Gasteiger partial charge in [-0.25, -0.2) is 4.68 Å². The summed E-state index contributed by atoms with van der Waals surface area (Å²) in [4.78, 5) is 15.1. The molecule has 1 aliphatic rings. The lowest BCUT2D eigenvalue weighted by atomic mass is 10.1. The van der Waals surface area contributed by atoms with Crippen LogP contribution in [0.25, 0.3) is 0 Å². The lowest BCUT2D eigenvalue weighted by Crippen LogP contribution is -2.36. The standard InChI is InChI=1S/C20H21N5O/c1-15-6-8-16(9-7-15)12-25(20(26)13-24-14-21-22-23-24)19-11-10-17-4-2-3-5-18(17)19/h2-9,14,19H,10-13H2,1H3. The maximum Gasteiger partial charge on any atom is 0.245 e. The van der Waals surface area contributed by atoms with Gasteiger partial charge in [0.05, 0.1) is 6.04 Å². The monoisotopic (exact) mass is 347 g/mol. The lowest BCUT2D eigenvalue weighted by Gasteiger charge is -2.30. The number of amides is 1. The van der Waals surface area contributed by atoms with Crippen LogP contribution < -0.4 is 0 Å². The molecule has 6 nitrogen and oxygen atoms in total. The predicted octanol–water partition coefficient (Wildman–Crippen LogP) is 2.70. The van der Waals surface area contributed by atoms with Gasteiger partial charge in [0.1, 0.15) is 12.9 Å². The fraction of sp³-hybridized carbons (Fsp3) is 0.300. The first-order valence-corrected chi connectivity index (χ1v) is 8.84. The van der Waals surface area contributed by atoms with Crippen LogP contribution in [0.15, 0.2) is 54.9 Å². The van der Waals surface area contributed by atoms with E-state index >= 15 is 0 Å². The fourth-order valence-electron chi connectivity index (χ4n) is 3.60. The van der Waals surface area contributed by atoms with Gasteiger partial charge in [-0.1, -0.05) is 54.1 Å². The third kappa shape index (κ3) is 3.35. The second-order valence-electron chi connectivity index (χ2n) is 6.77. The number of aryl methyl sites for hydroxylation is 2. The van der Waals surface area contributed by atoms with Crippen molar-refractivity contribution in [3.63, 3.8) is 0 Å². The van der Waals surface area contributed by atoms with Crippen molar-refractivity contribution in [3.8, 4) is 0 Å². The third-order valence-corrected chi connectivity index (χ3v) is 4.96. The molecule has 1 heterocycles. The maximum absolute atomic E-state index is 13.1. The van der Waals surface area contributed by atoms with Crippen LogP contribution in [0.4, 0.5) is 0 Å². The first-order chi connectivity index (χ1) is 12.7. The van der Waals surface area contributed by atoms with Crippen molar-refractivity contribution in [1.29, 1.82) is 0 Å². The lowest BCUT2D eigenvalue weighted by molar-refractivity contribution is -0.135. The van der Waals surface area contributed by atoms with Crippen molar-refractivity contribution < 1.29 is 4.79 Å². The fourth-order valence-corrected chi connectivity index (χ4v) is 3.60. The molecule has 1 aromatic heterocycles. The van der Waals surface area contributed by atoms with Gasteiger partial charge in [-0.15, -0.1) is 5.10 Å². The average Bonchev–Trinajstić information content (AvgIpc) is 3.31. The van der Waals surface area contributed by atoms with E-state index in [2.05, 4.69) is 64.9 Å². The van der Waals surface area contributed by atoms with E-state index < -0.39 is 0 Å². The first-order valence-electron chi connectivity index (χ1n) is 8.84. The van der Waals surface area contributed by atoms with Crippen LogP contribution in [0.2, 0.25) is 0 Å². The van der Waals surface area contributed by atoms with Crippen molar-refractivity contribution in [3.05, 3.63) is 77.1 Å². The summed E-state index contributed by atoms with van der Waals surface area (Å²) in [6, 6.07) is 16.9. The van der Waals surface area contributed by atoms with E-state index in [0.29, 0.717) is 6.54 Å². The predicted molar refractivity (Wildman–Crippen MR) is 97.1 cm³/mol. The van der Waals surface area contributed by atoms with Crippen LogP contribution in [0.5, 0.6) is 0 Å². The van der Waals surface area contributed by atoms with Gasteiger partial charge in [0.2, 0.25) is 5.91 Å². The van der Waals surface area contributed by atoms with Crippen molar-refractivity contribution >= 4 is 5.91 Å². The number of rotatable bonds is 5. The summed E-state index contributed by atoms with van der Waals surface area (Å²) in [5, 5.41) is 11.1. The zero-order chi connectivity index (χ0) is 17.9. The van der Waals surface area contributed by atoms with E-state index in [1.165, 1.54) is 27.7 Å². The molecule has 6 heteroatoms. The maximum atomic E-state index is 13.1.